The van der Waals surface area contributed by atoms with E-state index < -0.39 is 11.0 Å². The first-order valence-corrected chi connectivity index (χ1v) is 3.26. The molecule has 0 aromatic heterocycles. The van der Waals surface area contributed by atoms with Gasteiger partial charge < -0.3 is 5.11 Å². The molecule has 0 radical (unpaired) electrons. The summed E-state index contributed by atoms with van der Waals surface area (Å²) in [5.41, 5.74) is -1.38. The zero-order valence-electron chi connectivity index (χ0n) is 5.56. The highest BCUT2D eigenvalue weighted by Gasteiger charge is 2.28. The van der Waals surface area contributed by atoms with Crippen LogP contribution in [0.4, 0.5) is 0 Å². The molecular weight excluding hydrogens is 138 g/mol. The molecule has 0 aromatic carbocycles. The maximum atomic E-state index is 9.10. The fraction of sp³-hybridized carbons (Fsp3) is 0.833. The van der Waals surface area contributed by atoms with Crippen LogP contribution in [0.1, 0.15) is 20.3 Å². The Morgan fingerprint density at radius 2 is 2.33 bits per heavy atom. The molecule has 0 heterocycles. The number of nitriles is 1. The molecule has 0 saturated carbocycles. The second kappa shape index (κ2) is 3.05. The number of aliphatic hydroxyl groups is 1. The molecule has 0 saturated heterocycles. The molecular formula is C6H10ClNO. The van der Waals surface area contributed by atoms with E-state index in [1.807, 2.05) is 6.92 Å². The Kier molecular flexibility index (Phi) is 2.96. The predicted octanol–water partition coefficient (Wildman–Crippen LogP) is 1.28. The van der Waals surface area contributed by atoms with Gasteiger partial charge >= 0.3 is 0 Å². The topological polar surface area (TPSA) is 44.0 Å². The Bertz CT molecular complexity index is 128. The van der Waals surface area contributed by atoms with Gasteiger partial charge in [0.15, 0.2) is 5.60 Å². The van der Waals surface area contributed by atoms with Crippen molar-refractivity contribution in [1.29, 1.82) is 5.26 Å². The molecule has 0 aliphatic carbocycles. The molecule has 9 heavy (non-hydrogen) atoms. The standard InChI is InChI=1S/C6H10ClNO/c1-3-5(7)6(2,9)4-8/h5,9H,3H2,1-2H3/t5-,6-/m1/s1. The number of hydrogen-bond acceptors (Lipinski definition) is 2. The zero-order valence-corrected chi connectivity index (χ0v) is 6.31. The lowest BCUT2D eigenvalue weighted by Crippen LogP contribution is -2.32. The Morgan fingerprint density at radius 3 is 2.44 bits per heavy atom. The minimum Gasteiger partial charge on any atom is -0.374 e. The summed E-state index contributed by atoms with van der Waals surface area (Å²) in [6.45, 7) is 3.23. The second-order valence-corrected chi connectivity index (χ2v) is 2.66. The normalized spacial score (nSPS) is 19.9. The van der Waals surface area contributed by atoms with Crippen molar-refractivity contribution >= 4 is 11.6 Å². The zero-order chi connectivity index (χ0) is 7.49. The molecule has 1 N–H and O–H groups in total. The van der Waals surface area contributed by atoms with E-state index in [0.717, 1.165) is 0 Å². The largest absolute Gasteiger partial charge is 0.374 e. The maximum Gasteiger partial charge on any atom is 0.164 e. The van der Waals surface area contributed by atoms with Crippen molar-refractivity contribution < 1.29 is 5.11 Å². The molecule has 0 rings (SSSR count). The maximum absolute atomic E-state index is 9.10. The Balaban J connectivity index is 4.01. The molecule has 0 aliphatic heterocycles. The summed E-state index contributed by atoms with van der Waals surface area (Å²) in [5.74, 6) is 0. The summed E-state index contributed by atoms with van der Waals surface area (Å²) in [5, 5.41) is 16.9. The van der Waals surface area contributed by atoms with Crippen LogP contribution in [0.3, 0.4) is 0 Å². The molecule has 0 fully saturated rings. The summed E-state index contributed by atoms with van der Waals surface area (Å²) in [6, 6.07) is 1.72. The first-order chi connectivity index (χ1) is 4.04. The third-order valence-electron chi connectivity index (χ3n) is 1.19. The van der Waals surface area contributed by atoms with Gasteiger partial charge in [-0.2, -0.15) is 5.26 Å². The minimum atomic E-state index is -1.38. The summed E-state index contributed by atoms with van der Waals surface area (Å²) >= 11 is 5.58. The van der Waals surface area contributed by atoms with Gasteiger partial charge in [0.25, 0.3) is 0 Å². The van der Waals surface area contributed by atoms with Crippen LogP contribution in [0.15, 0.2) is 0 Å². The summed E-state index contributed by atoms with van der Waals surface area (Å²) < 4.78 is 0. The molecule has 0 aliphatic rings. The highest BCUT2D eigenvalue weighted by Crippen LogP contribution is 2.17. The van der Waals surface area contributed by atoms with E-state index in [-0.39, 0.29) is 0 Å². The monoisotopic (exact) mass is 147 g/mol. The van der Waals surface area contributed by atoms with Gasteiger partial charge in [-0.05, 0) is 13.3 Å². The lowest BCUT2D eigenvalue weighted by molar-refractivity contribution is 0.113. The number of hydrogen-bond donors (Lipinski definition) is 1. The fourth-order valence-electron chi connectivity index (χ4n) is 0.468. The number of halogens is 1. The van der Waals surface area contributed by atoms with Gasteiger partial charge in [-0.3, -0.25) is 0 Å². The van der Waals surface area contributed by atoms with Crippen molar-refractivity contribution in [3.63, 3.8) is 0 Å². The van der Waals surface area contributed by atoms with Crippen LogP contribution in [0.2, 0.25) is 0 Å². The van der Waals surface area contributed by atoms with Crippen molar-refractivity contribution in [2.45, 2.75) is 31.2 Å². The van der Waals surface area contributed by atoms with Crippen LogP contribution in [-0.4, -0.2) is 16.1 Å². The molecule has 0 bridgehead atoms. The Morgan fingerprint density at radius 1 is 1.89 bits per heavy atom. The van der Waals surface area contributed by atoms with Crippen LogP contribution < -0.4 is 0 Å². The lowest BCUT2D eigenvalue weighted by atomic mass is 10.0. The van der Waals surface area contributed by atoms with Gasteiger partial charge in [0.2, 0.25) is 0 Å². The van der Waals surface area contributed by atoms with Crippen molar-refractivity contribution in [2.24, 2.45) is 0 Å². The van der Waals surface area contributed by atoms with Gasteiger partial charge in [0.1, 0.15) is 0 Å². The molecule has 2 nitrogen and oxygen atoms in total. The van der Waals surface area contributed by atoms with E-state index in [4.69, 9.17) is 22.0 Å². The van der Waals surface area contributed by atoms with Crippen LogP contribution >= 0.6 is 11.6 Å². The van der Waals surface area contributed by atoms with Crippen molar-refractivity contribution in [2.75, 3.05) is 0 Å². The molecule has 0 spiro atoms. The predicted molar refractivity (Wildman–Crippen MR) is 36.2 cm³/mol. The number of alkyl halides is 1. The van der Waals surface area contributed by atoms with Crippen molar-refractivity contribution in [1.82, 2.24) is 0 Å². The van der Waals surface area contributed by atoms with E-state index in [2.05, 4.69) is 0 Å². The smallest absolute Gasteiger partial charge is 0.164 e. The molecule has 0 unspecified atom stereocenters. The van der Waals surface area contributed by atoms with Gasteiger partial charge in [-0.1, -0.05) is 6.92 Å². The molecule has 3 heteroatoms. The molecule has 0 aromatic rings. The van der Waals surface area contributed by atoms with Gasteiger partial charge in [0, 0.05) is 0 Å². The van der Waals surface area contributed by atoms with Crippen LogP contribution in [0.5, 0.6) is 0 Å². The number of nitrogens with zero attached hydrogens (tertiary/aromatic N) is 1. The molecule has 0 amide bonds. The van der Waals surface area contributed by atoms with E-state index in [9.17, 15) is 0 Å². The third-order valence-corrected chi connectivity index (χ3v) is 1.93. The van der Waals surface area contributed by atoms with Crippen LogP contribution in [0.25, 0.3) is 0 Å². The average Bonchev–Trinajstić information content (AvgIpc) is 1.86. The lowest BCUT2D eigenvalue weighted by Gasteiger charge is -2.18. The molecule has 52 valence electrons. The third kappa shape index (κ3) is 2.21. The summed E-state index contributed by atoms with van der Waals surface area (Å²) in [4.78, 5) is 0. The second-order valence-electron chi connectivity index (χ2n) is 2.14. The SMILES string of the molecule is CC[C@@H](Cl)[C@](C)(O)C#N. The van der Waals surface area contributed by atoms with E-state index >= 15 is 0 Å². The highest BCUT2D eigenvalue weighted by atomic mass is 35.5. The first-order valence-electron chi connectivity index (χ1n) is 2.82. The highest BCUT2D eigenvalue weighted by molar-refractivity contribution is 6.21. The Labute approximate surface area is 60.1 Å². The quantitative estimate of drug-likeness (QED) is 0.473. The van der Waals surface area contributed by atoms with E-state index in [1.165, 1.54) is 6.92 Å². The van der Waals surface area contributed by atoms with E-state index in [1.54, 1.807) is 6.07 Å². The summed E-state index contributed by atoms with van der Waals surface area (Å²) in [7, 11) is 0. The average molecular weight is 148 g/mol. The number of rotatable bonds is 2. The summed E-state index contributed by atoms with van der Waals surface area (Å²) in [6.07, 6.45) is 0.599. The molecule has 2 atom stereocenters. The Hall–Kier alpha value is -0.260. The van der Waals surface area contributed by atoms with Gasteiger partial charge in [-0.15, -0.1) is 11.6 Å². The van der Waals surface area contributed by atoms with Crippen molar-refractivity contribution in [3.05, 3.63) is 0 Å². The van der Waals surface area contributed by atoms with Gasteiger partial charge in [-0.25, -0.2) is 0 Å². The fourth-order valence-corrected chi connectivity index (χ4v) is 0.516. The van der Waals surface area contributed by atoms with Gasteiger partial charge in [0.05, 0.1) is 11.4 Å². The van der Waals surface area contributed by atoms with Crippen LogP contribution in [0, 0.1) is 11.3 Å². The van der Waals surface area contributed by atoms with Crippen molar-refractivity contribution in [3.8, 4) is 6.07 Å². The first kappa shape index (κ1) is 8.74. The van der Waals surface area contributed by atoms with Crippen LogP contribution in [-0.2, 0) is 0 Å². The minimum absolute atomic E-state index is 0.470. The van der Waals surface area contributed by atoms with E-state index in [0.29, 0.717) is 6.42 Å².